The van der Waals surface area contributed by atoms with Crippen LogP contribution in [0.3, 0.4) is 0 Å². The first-order chi connectivity index (χ1) is 12.7. The van der Waals surface area contributed by atoms with Crippen LogP contribution in [0.4, 0.5) is 0 Å². The summed E-state index contributed by atoms with van der Waals surface area (Å²) in [6.07, 6.45) is 3.42. The smallest absolute Gasteiger partial charge is 0.307 e. The van der Waals surface area contributed by atoms with E-state index in [1.54, 1.807) is 12.3 Å². The van der Waals surface area contributed by atoms with Gasteiger partial charge < -0.3 is 5.11 Å². The van der Waals surface area contributed by atoms with Gasteiger partial charge >= 0.3 is 5.97 Å². The number of pyridine rings is 1. The molecule has 0 fully saturated rings. The quantitative estimate of drug-likeness (QED) is 0.537. The molecule has 1 N–H and O–H groups in total. The molecule has 0 unspecified atom stereocenters. The Morgan fingerprint density at radius 2 is 1.96 bits per heavy atom. The summed E-state index contributed by atoms with van der Waals surface area (Å²) in [6, 6.07) is 13.5. The maximum absolute atomic E-state index is 11.3. The van der Waals surface area contributed by atoms with Crippen molar-refractivity contribution in [3.05, 3.63) is 64.7 Å². The lowest BCUT2D eigenvalue weighted by Crippen LogP contribution is -1.97. The first-order valence-corrected chi connectivity index (χ1v) is 9.54. The Morgan fingerprint density at radius 3 is 2.73 bits per heavy atom. The molecule has 0 aliphatic heterocycles. The van der Waals surface area contributed by atoms with Gasteiger partial charge in [-0.05, 0) is 30.3 Å². The first-order valence-electron chi connectivity index (χ1n) is 7.84. The van der Waals surface area contributed by atoms with Crippen LogP contribution >= 0.6 is 22.7 Å². The third kappa shape index (κ3) is 3.54. The number of hydrogen-bond acceptors (Lipinski definition) is 6. The van der Waals surface area contributed by atoms with Gasteiger partial charge in [0.05, 0.1) is 28.0 Å². The zero-order valence-electron chi connectivity index (χ0n) is 13.5. The molecule has 5 nitrogen and oxygen atoms in total. The summed E-state index contributed by atoms with van der Waals surface area (Å²) >= 11 is 2.97. The number of aliphatic carboxylic acids is 1. The highest BCUT2D eigenvalue weighted by atomic mass is 32.1. The number of nitrogens with zero attached hydrogens (tertiary/aromatic N) is 3. The van der Waals surface area contributed by atoms with Crippen molar-refractivity contribution in [1.29, 1.82) is 0 Å². The van der Waals surface area contributed by atoms with Crippen LogP contribution in [-0.2, 0) is 4.79 Å². The van der Waals surface area contributed by atoms with Gasteiger partial charge in [-0.2, -0.15) is 0 Å². The summed E-state index contributed by atoms with van der Waals surface area (Å²) in [5.41, 5.74) is 3.04. The largest absolute Gasteiger partial charge is 0.481 e. The molecule has 3 aromatic heterocycles. The summed E-state index contributed by atoms with van der Waals surface area (Å²) in [6.45, 7) is 0. The number of carboxylic acid groups (broad SMARTS) is 1. The lowest BCUT2D eigenvalue weighted by molar-refractivity contribution is -0.135. The Labute approximate surface area is 157 Å². The molecule has 0 bridgehead atoms. The Morgan fingerprint density at radius 1 is 1.12 bits per heavy atom. The van der Waals surface area contributed by atoms with Crippen LogP contribution in [-0.4, -0.2) is 26.0 Å². The van der Waals surface area contributed by atoms with E-state index in [-0.39, 0.29) is 6.42 Å². The lowest BCUT2D eigenvalue weighted by atomic mass is 10.1. The number of thiazole rings is 2. The Bertz CT molecular complexity index is 1070. The average molecular weight is 379 g/mol. The van der Waals surface area contributed by atoms with Crippen LogP contribution in [0.2, 0.25) is 0 Å². The van der Waals surface area contributed by atoms with Gasteiger partial charge in [0.1, 0.15) is 10.0 Å². The molecule has 0 saturated carbocycles. The second-order valence-electron chi connectivity index (χ2n) is 5.52. The first kappa shape index (κ1) is 16.6. The summed E-state index contributed by atoms with van der Waals surface area (Å²) in [4.78, 5) is 24.8. The molecule has 1 aromatic carbocycles. The highest BCUT2D eigenvalue weighted by molar-refractivity contribution is 7.19. The van der Waals surface area contributed by atoms with Crippen LogP contribution in [0.25, 0.3) is 32.6 Å². The summed E-state index contributed by atoms with van der Waals surface area (Å²) in [5.74, 6) is -0.893. The number of fused-ring (bicyclic) bond motifs is 1. The number of benzene rings is 1. The minimum absolute atomic E-state index is 0.101. The van der Waals surface area contributed by atoms with E-state index in [1.807, 2.05) is 47.8 Å². The predicted molar refractivity (Wildman–Crippen MR) is 105 cm³/mol. The minimum Gasteiger partial charge on any atom is -0.481 e. The van der Waals surface area contributed by atoms with Crippen molar-refractivity contribution in [2.45, 2.75) is 6.42 Å². The van der Waals surface area contributed by atoms with Gasteiger partial charge in [0, 0.05) is 17.2 Å². The third-order valence-corrected chi connectivity index (χ3v) is 5.63. The molecule has 0 atom stereocenters. The highest BCUT2D eigenvalue weighted by Gasteiger charge is 2.14. The second-order valence-corrected chi connectivity index (χ2v) is 7.41. The summed E-state index contributed by atoms with van der Waals surface area (Å²) < 4.78 is 1.03. The number of carbonyl (C=O) groups is 1. The topological polar surface area (TPSA) is 76.0 Å². The average Bonchev–Trinajstić information content (AvgIpc) is 3.28. The molecule has 7 heteroatoms. The molecule has 0 aliphatic rings. The monoisotopic (exact) mass is 379 g/mol. The van der Waals surface area contributed by atoms with E-state index in [1.165, 1.54) is 22.7 Å². The van der Waals surface area contributed by atoms with Crippen LogP contribution in [0, 0.1) is 0 Å². The molecule has 4 aromatic rings. The van der Waals surface area contributed by atoms with Crippen LogP contribution in [0.15, 0.2) is 54.0 Å². The fourth-order valence-electron chi connectivity index (χ4n) is 2.50. The number of carboxylic acids is 1. The molecule has 3 heterocycles. The Balaban J connectivity index is 1.72. The SMILES string of the molecule is O=C(O)C/C(=C\c1csc(-c2ccccn2)n1)c1nc2ccccc2s1. The molecule has 26 heavy (non-hydrogen) atoms. The number of para-hydroxylation sites is 1. The van der Waals surface area contributed by atoms with Gasteiger partial charge in [0.15, 0.2) is 0 Å². The van der Waals surface area contributed by atoms with Gasteiger partial charge in [-0.3, -0.25) is 9.78 Å². The van der Waals surface area contributed by atoms with E-state index in [0.717, 1.165) is 20.9 Å². The molecular weight excluding hydrogens is 366 g/mol. The fourth-order valence-corrected chi connectivity index (χ4v) is 4.23. The van der Waals surface area contributed by atoms with Gasteiger partial charge in [-0.15, -0.1) is 22.7 Å². The third-order valence-electron chi connectivity index (χ3n) is 3.64. The molecular formula is C19H13N3O2S2. The molecule has 128 valence electrons. The molecule has 0 aliphatic carbocycles. The van der Waals surface area contributed by atoms with Crippen molar-refractivity contribution in [3.8, 4) is 10.7 Å². The molecule has 0 amide bonds. The van der Waals surface area contributed by atoms with Crippen molar-refractivity contribution >= 4 is 50.5 Å². The van der Waals surface area contributed by atoms with Gasteiger partial charge in [0.2, 0.25) is 0 Å². The second kappa shape index (κ2) is 7.15. The number of hydrogen-bond donors (Lipinski definition) is 1. The van der Waals surface area contributed by atoms with Gasteiger partial charge in [0.25, 0.3) is 0 Å². The van der Waals surface area contributed by atoms with Crippen LogP contribution in [0.1, 0.15) is 17.1 Å². The van der Waals surface area contributed by atoms with Crippen molar-refractivity contribution in [3.63, 3.8) is 0 Å². The van der Waals surface area contributed by atoms with Gasteiger partial charge in [-0.25, -0.2) is 9.97 Å². The number of rotatable bonds is 5. The van der Waals surface area contributed by atoms with E-state index in [9.17, 15) is 9.90 Å². The minimum atomic E-state index is -0.893. The standard InChI is InChI=1S/C19H13N3O2S2/c23-17(24)10-12(18-22-14-5-1-2-7-16(14)26-18)9-13-11-25-19(21-13)15-6-3-4-8-20-15/h1-9,11H,10H2,(H,23,24)/b12-9+. The zero-order valence-corrected chi connectivity index (χ0v) is 15.1. The van der Waals surface area contributed by atoms with Gasteiger partial charge in [-0.1, -0.05) is 18.2 Å². The molecule has 0 saturated heterocycles. The lowest BCUT2D eigenvalue weighted by Gasteiger charge is -1.99. The predicted octanol–water partition coefficient (Wildman–Crippen LogP) is 4.83. The Kier molecular flexibility index (Phi) is 4.55. The van der Waals surface area contributed by atoms with Crippen LogP contribution in [0.5, 0.6) is 0 Å². The molecule has 0 radical (unpaired) electrons. The number of aromatic nitrogens is 3. The molecule has 0 spiro atoms. The van der Waals surface area contributed by atoms with Crippen molar-refractivity contribution in [2.24, 2.45) is 0 Å². The summed E-state index contributed by atoms with van der Waals surface area (Å²) in [7, 11) is 0. The summed E-state index contributed by atoms with van der Waals surface area (Å²) in [5, 5.41) is 12.7. The van der Waals surface area contributed by atoms with E-state index in [4.69, 9.17) is 0 Å². The van der Waals surface area contributed by atoms with E-state index >= 15 is 0 Å². The fraction of sp³-hybridized carbons (Fsp3) is 0.0526. The van der Waals surface area contributed by atoms with Crippen molar-refractivity contribution < 1.29 is 9.90 Å². The Hall–Kier alpha value is -2.90. The normalized spacial score (nSPS) is 11.8. The van der Waals surface area contributed by atoms with E-state index in [2.05, 4.69) is 15.0 Å². The van der Waals surface area contributed by atoms with E-state index in [0.29, 0.717) is 16.3 Å². The highest BCUT2D eigenvalue weighted by Crippen LogP contribution is 2.31. The van der Waals surface area contributed by atoms with Crippen molar-refractivity contribution in [1.82, 2.24) is 15.0 Å². The zero-order chi connectivity index (χ0) is 17.9. The van der Waals surface area contributed by atoms with Crippen molar-refractivity contribution in [2.75, 3.05) is 0 Å². The molecule has 4 rings (SSSR count). The maximum atomic E-state index is 11.3. The maximum Gasteiger partial charge on any atom is 0.307 e. The van der Waals surface area contributed by atoms with Crippen LogP contribution < -0.4 is 0 Å². The van der Waals surface area contributed by atoms with E-state index < -0.39 is 5.97 Å².